The molecule has 2 nitrogen and oxygen atoms in total. The van der Waals surface area contributed by atoms with Crippen molar-refractivity contribution in [3.63, 3.8) is 0 Å². The van der Waals surface area contributed by atoms with E-state index in [0.29, 0.717) is 25.4 Å². The molecule has 19 heavy (non-hydrogen) atoms. The summed E-state index contributed by atoms with van der Waals surface area (Å²) < 4.78 is 44.4. The predicted octanol–water partition coefficient (Wildman–Crippen LogP) is 3.83. The number of alkyl halides is 4. The van der Waals surface area contributed by atoms with E-state index in [4.69, 9.17) is 4.74 Å². The first-order valence-corrected chi connectivity index (χ1v) is 7.16. The van der Waals surface area contributed by atoms with E-state index in [1.54, 1.807) is 6.07 Å². The second-order valence-electron chi connectivity index (χ2n) is 4.60. The molecule has 1 atom stereocenters. The van der Waals surface area contributed by atoms with Gasteiger partial charge in [0.2, 0.25) is 0 Å². The van der Waals surface area contributed by atoms with Crippen molar-refractivity contribution in [3.8, 4) is 0 Å². The Balaban J connectivity index is 2.32. The second-order valence-corrected chi connectivity index (χ2v) is 5.16. The van der Waals surface area contributed by atoms with Crippen LogP contribution in [-0.2, 0) is 16.2 Å². The number of nitrogens with zero attached hydrogens (tertiary/aromatic N) is 1. The number of hydrogen-bond acceptors (Lipinski definition) is 2. The van der Waals surface area contributed by atoms with E-state index < -0.39 is 11.7 Å². The number of halogens is 4. The van der Waals surface area contributed by atoms with Gasteiger partial charge in [0.1, 0.15) is 0 Å². The normalized spacial score (nSPS) is 20.7. The number of rotatable bonds is 2. The Morgan fingerprint density at radius 1 is 1.42 bits per heavy atom. The molecule has 0 radical (unpaired) electrons. The van der Waals surface area contributed by atoms with Crippen molar-refractivity contribution in [2.24, 2.45) is 0 Å². The van der Waals surface area contributed by atoms with Crippen molar-refractivity contribution in [2.75, 3.05) is 24.6 Å². The zero-order valence-electron chi connectivity index (χ0n) is 10.5. The second kappa shape index (κ2) is 5.71. The Kier molecular flexibility index (Phi) is 4.40. The first-order chi connectivity index (χ1) is 8.91. The standard InChI is InChI=1S/C13H15BrF3NO/c1-9-8-18(4-5-19-9)11-3-2-10(7-14)12(6-11)13(15,16)17/h2-3,6,9H,4-5,7-8H2,1H3. The highest BCUT2D eigenvalue weighted by atomic mass is 79.9. The van der Waals surface area contributed by atoms with Crippen molar-refractivity contribution in [2.45, 2.75) is 24.5 Å². The summed E-state index contributed by atoms with van der Waals surface area (Å²) in [5.41, 5.74) is 0.297. The van der Waals surface area contributed by atoms with Crippen molar-refractivity contribution in [3.05, 3.63) is 29.3 Å². The van der Waals surface area contributed by atoms with Gasteiger partial charge in [-0.05, 0) is 24.6 Å². The Morgan fingerprint density at radius 2 is 2.16 bits per heavy atom. The summed E-state index contributed by atoms with van der Waals surface area (Å²) in [6.45, 7) is 3.70. The lowest BCUT2D eigenvalue weighted by atomic mass is 10.1. The molecule has 0 spiro atoms. The molecule has 1 aliphatic heterocycles. The van der Waals surface area contributed by atoms with Crippen LogP contribution in [-0.4, -0.2) is 25.8 Å². The number of ether oxygens (including phenoxy) is 1. The third-order valence-electron chi connectivity index (χ3n) is 3.15. The highest BCUT2D eigenvalue weighted by molar-refractivity contribution is 9.08. The van der Waals surface area contributed by atoms with E-state index in [-0.39, 0.29) is 17.0 Å². The molecule has 1 aromatic rings. The molecule has 0 saturated carbocycles. The first kappa shape index (κ1) is 14.7. The fourth-order valence-corrected chi connectivity index (χ4v) is 2.68. The summed E-state index contributed by atoms with van der Waals surface area (Å²) >= 11 is 3.10. The van der Waals surface area contributed by atoms with E-state index >= 15 is 0 Å². The number of hydrogen-bond donors (Lipinski definition) is 0. The van der Waals surface area contributed by atoms with Gasteiger partial charge in [0, 0.05) is 24.1 Å². The molecule has 0 N–H and O–H groups in total. The van der Waals surface area contributed by atoms with Crippen molar-refractivity contribution in [1.82, 2.24) is 0 Å². The highest BCUT2D eigenvalue weighted by Gasteiger charge is 2.33. The summed E-state index contributed by atoms with van der Waals surface area (Å²) in [5.74, 6) is 0. The molecule has 0 amide bonds. The molecular formula is C13H15BrF3NO. The maximum atomic E-state index is 13.0. The van der Waals surface area contributed by atoms with E-state index in [2.05, 4.69) is 15.9 Å². The number of anilines is 1. The molecule has 1 unspecified atom stereocenters. The molecule has 1 fully saturated rings. The lowest BCUT2D eigenvalue weighted by molar-refractivity contribution is -0.138. The maximum absolute atomic E-state index is 13.0. The number of morpholine rings is 1. The Hall–Kier alpha value is -0.750. The Morgan fingerprint density at radius 3 is 2.74 bits per heavy atom. The predicted molar refractivity (Wildman–Crippen MR) is 71.7 cm³/mol. The summed E-state index contributed by atoms with van der Waals surface area (Å²) in [7, 11) is 0. The van der Waals surface area contributed by atoms with Crippen LogP contribution in [0.15, 0.2) is 18.2 Å². The zero-order valence-corrected chi connectivity index (χ0v) is 12.1. The fourth-order valence-electron chi connectivity index (χ4n) is 2.19. The van der Waals surface area contributed by atoms with Crippen molar-refractivity contribution >= 4 is 21.6 Å². The molecule has 0 aliphatic carbocycles. The SMILES string of the molecule is CC1CN(c2ccc(CBr)c(C(F)(F)F)c2)CCO1. The molecule has 6 heteroatoms. The lowest BCUT2D eigenvalue weighted by Gasteiger charge is -2.33. The van der Waals surface area contributed by atoms with Gasteiger partial charge in [-0.1, -0.05) is 22.0 Å². The van der Waals surface area contributed by atoms with Crippen LogP contribution in [0.5, 0.6) is 0 Å². The molecule has 1 aromatic carbocycles. The average Bonchev–Trinajstić information content (AvgIpc) is 2.37. The van der Waals surface area contributed by atoms with Crippen LogP contribution in [0.4, 0.5) is 18.9 Å². The van der Waals surface area contributed by atoms with Gasteiger partial charge in [-0.15, -0.1) is 0 Å². The third kappa shape index (κ3) is 3.42. The highest BCUT2D eigenvalue weighted by Crippen LogP contribution is 2.35. The van der Waals surface area contributed by atoms with Gasteiger partial charge >= 0.3 is 6.18 Å². The van der Waals surface area contributed by atoms with Gasteiger partial charge in [-0.25, -0.2) is 0 Å². The summed E-state index contributed by atoms with van der Waals surface area (Å²) in [5, 5.41) is 0.196. The fraction of sp³-hybridized carbons (Fsp3) is 0.538. The first-order valence-electron chi connectivity index (χ1n) is 6.04. The van der Waals surface area contributed by atoms with Crippen LogP contribution >= 0.6 is 15.9 Å². The van der Waals surface area contributed by atoms with Gasteiger partial charge in [0.15, 0.2) is 0 Å². The van der Waals surface area contributed by atoms with Crippen LogP contribution in [0.1, 0.15) is 18.1 Å². The van der Waals surface area contributed by atoms with Gasteiger partial charge in [-0.3, -0.25) is 0 Å². The molecule has 1 heterocycles. The minimum Gasteiger partial charge on any atom is -0.375 e. The zero-order chi connectivity index (χ0) is 14.0. The van der Waals surface area contributed by atoms with Crippen molar-refractivity contribution < 1.29 is 17.9 Å². The van der Waals surface area contributed by atoms with Crippen LogP contribution in [0.3, 0.4) is 0 Å². The summed E-state index contributed by atoms with van der Waals surface area (Å²) in [6.07, 6.45) is -4.28. The Bertz CT molecular complexity index is 450. The average molecular weight is 338 g/mol. The van der Waals surface area contributed by atoms with E-state index in [9.17, 15) is 13.2 Å². The van der Waals surface area contributed by atoms with Crippen LogP contribution in [0.2, 0.25) is 0 Å². The lowest BCUT2D eigenvalue weighted by Crippen LogP contribution is -2.41. The number of benzene rings is 1. The molecule has 2 rings (SSSR count). The molecular weight excluding hydrogens is 323 g/mol. The van der Waals surface area contributed by atoms with Gasteiger partial charge in [0.05, 0.1) is 18.3 Å². The van der Waals surface area contributed by atoms with Gasteiger partial charge < -0.3 is 9.64 Å². The van der Waals surface area contributed by atoms with Crippen LogP contribution in [0.25, 0.3) is 0 Å². The van der Waals surface area contributed by atoms with Gasteiger partial charge in [0.25, 0.3) is 0 Å². The molecule has 0 aromatic heterocycles. The monoisotopic (exact) mass is 337 g/mol. The maximum Gasteiger partial charge on any atom is 0.416 e. The van der Waals surface area contributed by atoms with E-state index in [1.165, 1.54) is 12.1 Å². The topological polar surface area (TPSA) is 12.5 Å². The molecule has 1 saturated heterocycles. The van der Waals surface area contributed by atoms with Gasteiger partial charge in [-0.2, -0.15) is 13.2 Å². The quantitative estimate of drug-likeness (QED) is 0.760. The van der Waals surface area contributed by atoms with Crippen LogP contribution in [0, 0.1) is 0 Å². The summed E-state index contributed by atoms with van der Waals surface area (Å²) in [6, 6.07) is 4.51. The summed E-state index contributed by atoms with van der Waals surface area (Å²) in [4.78, 5) is 1.93. The minimum absolute atomic E-state index is 0.0407. The third-order valence-corrected chi connectivity index (χ3v) is 3.75. The molecule has 1 aliphatic rings. The molecule has 106 valence electrons. The minimum atomic E-state index is -4.32. The van der Waals surface area contributed by atoms with E-state index in [0.717, 1.165) is 0 Å². The van der Waals surface area contributed by atoms with Crippen molar-refractivity contribution in [1.29, 1.82) is 0 Å². The molecule has 0 bridgehead atoms. The van der Waals surface area contributed by atoms with Crippen LogP contribution < -0.4 is 4.90 Å². The largest absolute Gasteiger partial charge is 0.416 e. The Labute approximate surface area is 118 Å². The van der Waals surface area contributed by atoms with E-state index in [1.807, 2.05) is 11.8 Å². The smallest absolute Gasteiger partial charge is 0.375 e.